The molecule has 2 aliphatic rings. The smallest absolute Gasteiger partial charge is 0.352 e. The Bertz CT molecular complexity index is 645. The fraction of sp³-hybridized carbons (Fsp3) is 0.556. The van der Waals surface area contributed by atoms with Crippen LogP contribution >= 0.6 is 0 Å². The van der Waals surface area contributed by atoms with Gasteiger partial charge < -0.3 is 10.6 Å². The number of amides is 2. The number of anilines is 1. The van der Waals surface area contributed by atoms with E-state index in [1.807, 2.05) is 0 Å². The summed E-state index contributed by atoms with van der Waals surface area (Å²) in [7, 11) is 0. The van der Waals surface area contributed by atoms with E-state index in [-0.39, 0.29) is 17.6 Å². The van der Waals surface area contributed by atoms with Gasteiger partial charge in [0, 0.05) is 11.7 Å². The van der Waals surface area contributed by atoms with Gasteiger partial charge in [-0.2, -0.15) is 13.2 Å². The van der Waals surface area contributed by atoms with Crippen LogP contribution in [-0.2, 0) is 15.8 Å². The number of hydrogen-bond acceptors (Lipinski definition) is 2. The van der Waals surface area contributed by atoms with Gasteiger partial charge in [0.15, 0.2) is 0 Å². The van der Waals surface area contributed by atoms with Gasteiger partial charge in [0.25, 0.3) is 0 Å². The number of alkyl halides is 3. The first-order valence-electron chi connectivity index (χ1n) is 8.61. The number of carbonyl (C=O) groups is 2. The van der Waals surface area contributed by atoms with Crippen LogP contribution in [0.2, 0.25) is 0 Å². The molecule has 0 bridgehead atoms. The number of hydrogen-bond donors (Lipinski definition) is 2. The third kappa shape index (κ3) is 3.96. The van der Waals surface area contributed by atoms with Crippen molar-refractivity contribution in [3.05, 3.63) is 29.8 Å². The SMILES string of the molecule is O=C(Nc1ccc(C(F)(F)F)cc1)C1(C(=O)NC2CCCCC2)CC1. The largest absolute Gasteiger partial charge is 0.416 e. The van der Waals surface area contributed by atoms with E-state index < -0.39 is 23.1 Å². The van der Waals surface area contributed by atoms with Crippen LogP contribution in [0.15, 0.2) is 24.3 Å². The third-order valence-electron chi connectivity index (χ3n) is 5.03. The van der Waals surface area contributed by atoms with Crippen molar-refractivity contribution in [3.8, 4) is 0 Å². The van der Waals surface area contributed by atoms with Crippen molar-refractivity contribution < 1.29 is 22.8 Å². The number of carbonyl (C=O) groups excluding carboxylic acids is 2. The molecule has 136 valence electrons. The van der Waals surface area contributed by atoms with Crippen LogP contribution in [0.25, 0.3) is 0 Å². The molecule has 1 aromatic carbocycles. The maximum atomic E-state index is 12.6. The summed E-state index contributed by atoms with van der Waals surface area (Å²) in [4.78, 5) is 25.0. The van der Waals surface area contributed by atoms with E-state index in [1.54, 1.807) is 0 Å². The first-order valence-corrected chi connectivity index (χ1v) is 8.61. The fourth-order valence-electron chi connectivity index (χ4n) is 3.25. The predicted molar refractivity (Wildman–Crippen MR) is 86.8 cm³/mol. The highest BCUT2D eigenvalue weighted by Gasteiger charge is 2.56. The minimum absolute atomic E-state index is 0.123. The summed E-state index contributed by atoms with van der Waals surface area (Å²) < 4.78 is 37.7. The minimum atomic E-state index is -4.42. The maximum Gasteiger partial charge on any atom is 0.416 e. The van der Waals surface area contributed by atoms with Gasteiger partial charge in [-0.25, -0.2) is 0 Å². The van der Waals surface area contributed by atoms with Gasteiger partial charge in [-0.1, -0.05) is 19.3 Å². The molecule has 0 radical (unpaired) electrons. The Labute approximate surface area is 144 Å². The lowest BCUT2D eigenvalue weighted by Crippen LogP contribution is -2.45. The molecule has 2 fully saturated rings. The third-order valence-corrected chi connectivity index (χ3v) is 5.03. The molecule has 0 heterocycles. The van der Waals surface area contributed by atoms with Crippen molar-refractivity contribution >= 4 is 17.5 Å². The van der Waals surface area contributed by atoms with Gasteiger partial charge in [0.1, 0.15) is 5.41 Å². The van der Waals surface area contributed by atoms with Crippen LogP contribution in [0.3, 0.4) is 0 Å². The van der Waals surface area contributed by atoms with Crippen molar-refractivity contribution in [1.29, 1.82) is 0 Å². The zero-order valence-electron chi connectivity index (χ0n) is 13.8. The fourth-order valence-corrected chi connectivity index (χ4v) is 3.25. The summed E-state index contributed by atoms with van der Waals surface area (Å²) in [5, 5.41) is 5.54. The van der Waals surface area contributed by atoms with Gasteiger partial charge in [-0.05, 0) is 49.9 Å². The second-order valence-corrected chi connectivity index (χ2v) is 6.92. The molecule has 2 N–H and O–H groups in total. The summed E-state index contributed by atoms with van der Waals surface area (Å²) in [5.41, 5.74) is -1.59. The van der Waals surface area contributed by atoms with E-state index in [2.05, 4.69) is 10.6 Å². The molecule has 0 atom stereocenters. The van der Waals surface area contributed by atoms with Gasteiger partial charge in [0.05, 0.1) is 5.56 Å². The number of benzene rings is 1. The van der Waals surface area contributed by atoms with Crippen molar-refractivity contribution in [2.75, 3.05) is 5.32 Å². The molecule has 0 unspecified atom stereocenters. The lowest BCUT2D eigenvalue weighted by molar-refractivity contribution is -0.137. The zero-order chi connectivity index (χ0) is 18.1. The Morgan fingerprint density at radius 2 is 1.56 bits per heavy atom. The summed E-state index contributed by atoms with van der Waals surface area (Å²) in [5.74, 6) is -0.704. The Hall–Kier alpha value is -2.05. The Balaban J connectivity index is 1.61. The molecule has 2 amide bonds. The number of nitrogens with one attached hydrogen (secondary N) is 2. The van der Waals surface area contributed by atoms with E-state index in [9.17, 15) is 22.8 Å². The zero-order valence-corrected chi connectivity index (χ0v) is 13.8. The van der Waals surface area contributed by atoms with Gasteiger partial charge in [-0.15, -0.1) is 0 Å². The highest BCUT2D eigenvalue weighted by atomic mass is 19.4. The summed E-state index contributed by atoms with van der Waals surface area (Å²) in [6.45, 7) is 0. The lowest BCUT2D eigenvalue weighted by Gasteiger charge is -2.25. The van der Waals surface area contributed by atoms with Crippen molar-refractivity contribution in [2.24, 2.45) is 5.41 Å². The van der Waals surface area contributed by atoms with E-state index in [0.717, 1.165) is 37.8 Å². The van der Waals surface area contributed by atoms with E-state index in [1.165, 1.54) is 18.6 Å². The molecule has 7 heteroatoms. The lowest BCUT2D eigenvalue weighted by atomic mass is 9.94. The predicted octanol–water partition coefficient (Wildman–Crippen LogP) is 3.87. The molecule has 4 nitrogen and oxygen atoms in total. The van der Waals surface area contributed by atoms with Crippen molar-refractivity contribution in [1.82, 2.24) is 5.32 Å². The van der Waals surface area contributed by atoms with Crippen LogP contribution in [0.1, 0.15) is 50.5 Å². The average Bonchev–Trinajstić information content (AvgIpc) is 3.37. The molecule has 0 aromatic heterocycles. The first-order chi connectivity index (χ1) is 11.8. The molecule has 0 aliphatic heterocycles. The standard InChI is InChI=1S/C18H21F3N2O2/c19-18(20,21)12-6-8-14(9-7-12)23-16(25)17(10-11-17)15(24)22-13-4-2-1-3-5-13/h6-9,13H,1-5,10-11H2,(H,22,24)(H,23,25). The van der Waals surface area contributed by atoms with Gasteiger partial charge in [0.2, 0.25) is 11.8 Å². The Morgan fingerprint density at radius 3 is 2.08 bits per heavy atom. The van der Waals surface area contributed by atoms with Gasteiger partial charge >= 0.3 is 6.18 Å². The van der Waals surface area contributed by atoms with E-state index in [4.69, 9.17) is 0 Å². The first kappa shape index (κ1) is 17.8. The second-order valence-electron chi connectivity index (χ2n) is 6.92. The number of rotatable bonds is 4. The van der Waals surface area contributed by atoms with Crippen molar-refractivity contribution in [3.63, 3.8) is 0 Å². The summed E-state index contributed by atoms with van der Waals surface area (Å²) >= 11 is 0. The molecule has 1 aromatic rings. The highest BCUT2D eigenvalue weighted by molar-refractivity contribution is 6.13. The molecule has 2 saturated carbocycles. The van der Waals surface area contributed by atoms with E-state index in [0.29, 0.717) is 12.8 Å². The normalized spacial score (nSPS) is 20.0. The van der Waals surface area contributed by atoms with Crippen LogP contribution in [0, 0.1) is 5.41 Å². The second kappa shape index (κ2) is 6.69. The van der Waals surface area contributed by atoms with Crippen molar-refractivity contribution in [2.45, 2.75) is 57.2 Å². The Morgan fingerprint density at radius 1 is 0.960 bits per heavy atom. The summed E-state index contributed by atoms with van der Waals surface area (Å²) in [6, 6.07) is 4.36. The van der Waals surface area contributed by atoms with E-state index >= 15 is 0 Å². The highest BCUT2D eigenvalue weighted by Crippen LogP contribution is 2.47. The molecule has 0 spiro atoms. The molecular weight excluding hydrogens is 333 g/mol. The van der Waals surface area contributed by atoms with Crippen LogP contribution in [0.4, 0.5) is 18.9 Å². The van der Waals surface area contributed by atoms with Crippen LogP contribution in [0.5, 0.6) is 0 Å². The van der Waals surface area contributed by atoms with Crippen LogP contribution in [-0.4, -0.2) is 17.9 Å². The molecule has 0 saturated heterocycles. The molecular formula is C18H21F3N2O2. The number of halogens is 3. The molecule has 3 rings (SSSR count). The van der Waals surface area contributed by atoms with Crippen LogP contribution < -0.4 is 10.6 Å². The summed E-state index contributed by atoms with van der Waals surface area (Å²) in [6.07, 6.45) is 1.72. The quantitative estimate of drug-likeness (QED) is 0.807. The van der Waals surface area contributed by atoms with Gasteiger partial charge in [-0.3, -0.25) is 9.59 Å². The average molecular weight is 354 g/mol. The minimum Gasteiger partial charge on any atom is -0.352 e. The molecule has 2 aliphatic carbocycles. The monoisotopic (exact) mass is 354 g/mol. The maximum absolute atomic E-state index is 12.6. The Kier molecular flexibility index (Phi) is 4.75. The molecule has 25 heavy (non-hydrogen) atoms. The topological polar surface area (TPSA) is 58.2 Å².